The Morgan fingerprint density at radius 1 is 1.00 bits per heavy atom. The number of hydrogen-bond donors (Lipinski definition) is 1. The number of carbonyl (C=O) groups is 2. The molecule has 4 heteroatoms. The number of aromatic nitrogens is 1. The molecule has 0 bridgehead atoms. The number of fused-ring (bicyclic) bond motifs is 1. The highest BCUT2D eigenvalue weighted by Gasteiger charge is 2.18. The van der Waals surface area contributed by atoms with E-state index in [1.807, 2.05) is 18.2 Å². The van der Waals surface area contributed by atoms with Gasteiger partial charge in [0, 0.05) is 37.0 Å². The first-order valence-electron chi connectivity index (χ1n) is 9.43. The van der Waals surface area contributed by atoms with Gasteiger partial charge in [-0.15, -0.1) is 0 Å². The molecule has 1 unspecified atom stereocenters. The molecule has 1 amide bonds. The zero-order valence-corrected chi connectivity index (χ0v) is 15.9. The molecule has 27 heavy (non-hydrogen) atoms. The highest BCUT2D eigenvalue weighted by atomic mass is 16.2. The quantitative estimate of drug-likeness (QED) is 0.660. The number of rotatable bonds is 8. The Bertz CT molecular complexity index is 928. The Morgan fingerprint density at radius 2 is 1.70 bits per heavy atom. The van der Waals surface area contributed by atoms with Gasteiger partial charge in [0.05, 0.1) is 6.04 Å². The van der Waals surface area contributed by atoms with Crippen LogP contribution in [0.2, 0.25) is 0 Å². The Morgan fingerprint density at radius 3 is 2.41 bits per heavy atom. The summed E-state index contributed by atoms with van der Waals surface area (Å²) in [5.74, 6) is -0.201. The van der Waals surface area contributed by atoms with Crippen LogP contribution in [-0.4, -0.2) is 22.3 Å². The summed E-state index contributed by atoms with van der Waals surface area (Å²) in [5, 5.41) is 3.92. The average Bonchev–Trinajstić information content (AvgIpc) is 3.00. The summed E-state index contributed by atoms with van der Waals surface area (Å²) in [6.45, 7) is 3.89. The number of ketones is 1. The molecule has 0 radical (unpaired) electrons. The molecular formula is C23H26N2O2. The summed E-state index contributed by atoms with van der Waals surface area (Å²) < 4.78 is 2.26. The van der Waals surface area contributed by atoms with Gasteiger partial charge in [0.1, 0.15) is 0 Å². The molecule has 1 atom stereocenters. The number of nitrogens with zero attached hydrogens (tertiary/aromatic N) is 1. The van der Waals surface area contributed by atoms with E-state index in [0.29, 0.717) is 6.42 Å². The zero-order valence-electron chi connectivity index (χ0n) is 15.9. The van der Waals surface area contributed by atoms with Gasteiger partial charge in [0.2, 0.25) is 5.91 Å². The molecule has 0 saturated heterocycles. The number of Topliss-reactive ketones (excluding diaryl/α,β-unsaturated/α-hetero) is 1. The normalized spacial score (nSPS) is 12.1. The van der Waals surface area contributed by atoms with Crippen LogP contribution in [-0.2, 0) is 29.0 Å². The predicted molar refractivity (Wildman–Crippen MR) is 109 cm³/mol. The molecule has 140 valence electrons. The van der Waals surface area contributed by atoms with Crippen LogP contribution in [0.4, 0.5) is 0 Å². The molecule has 0 aliphatic heterocycles. The number of para-hydroxylation sites is 1. The summed E-state index contributed by atoms with van der Waals surface area (Å²) in [6.07, 6.45) is 4.73. The van der Waals surface area contributed by atoms with E-state index < -0.39 is 6.04 Å². The molecule has 1 aromatic heterocycles. The van der Waals surface area contributed by atoms with Crippen LogP contribution >= 0.6 is 0 Å². The Hall–Kier alpha value is -2.88. The predicted octanol–water partition coefficient (Wildman–Crippen LogP) is 3.91. The molecule has 0 saturated carbocycles. The Balaban J connectivity index is 1.78. The Labute approximate surface area is 160 Å². The van der Waals surface area contributed by atoms with Gasteiger partial charge in [-0.2, -0.15) is 0 Å². The second-order valence-corrected chi connectivity index (χ2v) is 7.02. The summed E-state index contributed by atoms with van der Waals surface area (Å²) in [4.78, 5) is 23.4. The number of carbonyl (C=O) groups excluding carboxylic acids is 2. The van der Waals surface area contributed by atoms with Crippen molar-refractivity contribution < 1.29 is 9.59 Å². The van der Waals surface area contributed by atoms with Crippen molar-refractivity contribution in [3.63, 3.8) is 0 Å². The molecule has 3 rings (SSSR count). The van der Waals surface area contributed by atoms with Crippen LogP contribution in [0, 0.1) is 0 Å². The fourth-order valence-electron chi connectivity index (χ4n) is 3.53. The topological polar surface area (TPSA) is 51.1 Å². The second-order valence-electron chi connectivity index (χ2n) is 7.02. The SMILES string of the molecule is CC(=O)NC(Cc1cn(CCCc2ccccc2)c2ccccc12)C(C)=O. The van der Waals surface area contributed by atoms with E-state index in [9.17, 15) is 9.59 Å². The molecule has 0 aliphatic rings. The first kappa shape index (κ1) is 18.9. The standard InChI is InChI=1S/C23H26N2O2/c1-17(26)22(24-18(2)27)15-20-16-25(23-13-7-6-12-21(20)23)14-8-11-19-9-4-3-5-10-19/h3-7,9-10,12-13,16,22H,8,11,14-15H2,1-2H3,(H,24,27). The molecule has 0 aliphatic carbocycles. The van der Waals surface area contributed by atoms with E-state index in [1.54, 1.807) is 0 Å². The van der Waals surface area contributed by atoms with Gasteiger partial charge in [-0.25, -0.2) is 0 Å². The van der Waals surface area contributed by atoms with Crippen LogP contribution in [0.15, 0.2) is 60.8 Å². The van der Waals surface area contributed by atoms with Gasteiger partial charge in [0.25, 0.3) is 0 Å². The minimum absolute atomic E-state index is 0.0221. The largest absolute Gasteiger partial charge is 0.347 e. The van der Waals surface area contributed by atoms with Crippen LogP contribution in [0.5, 0.6) is 0 Å². The first-order chi connectivity index (χ1) is 13.0. The molecule has 4 nitrogen and oxygen atoms in total. The fraction of sp³-hybridized carbons (Fsp3) is 0.304. The van der Waals surface area contributed by atoms with E-state index in [2.05, 4.69) is 52.5 Å². The van der Waals surface area contributed by atoms with E-state index in [-0.39, 0.29) is 11.7 Å². The molecule has 0 fully saturated rings. The first-order valence-corrected chi connectivity index (χ1v) is 9.43. The van der Waals surface area contributed by atoms with E-state index >= 15 is 0 Å². The molecule has 3 aromatic rings. The maximum absolute atomic E-state index is 11.9. The number of amides is 1. The van der Waals surface area contributed by atoms with E-state index in [4.69, 9.17) is 0 Å². The summed E-state index contributed by atoms with van der Waals surface area (Å²) >= 11 is 0. The Kier molecular flexibility index (Phi) is 6.07. The fourth-order valence-corrected chi connectivity index (χ4v) is 3.53. The van der Waals surface area contributed by atoms with Gasteiger partial charge < -0.3 is 9.88 Å². The molecular weight excluding hydrogens is 336 g/mol. The van der Waals surface area contributed by atoms with Crippen molar-refractivity contribution >= 4 is 22.6 Å². The molecule has 1 heterocycles. The van der Waals surface area contributed by atoms with Gasteiger partial charge in [-0.1, -0.05) is 48.5 Å². The highest BCUT2D eigenvalue weighted by molar-refractivity contribution is 5.89. The van der Waals surface area contributed by atoms with Gasteiger partial charge in [-0.3, -0.25) is 9.59 Å². The summed E-state index contributed by atoms with van der Waals surface area (Å²) in [6, 6.07) is 18.3. The van der Waals surface area contributed by atoms with Crippen molar-refractivity contribution in [1.82, 2.24) is 9.88 Å². The lowest BCUT2D eigenvalue weighted by Crippen LogP contribution is -2.40. The highest BCUT2D eigenvalue weighted by Crippen LogP contribution is 2.23. The third-order valence-electron chi connectivity index (χ3n) is 4.87. The summed E-state index contributed by atoms with van der Waals surface area (Å²) in [5.41, 5.74) is 3.61. The van der Waals surface area contributed by atoms with Crippen molar-refractivity contribution in [2.24, 2.45) is 0 Å². The van der Waals surface area contributed by atoms with Crippen LogP contribution in [0.3, 0.4) is 0 Å². The molecule has 1 N–H and O–H groups in total. The van der Waals surface area contributed by atoms with Crippen molar-refractivity contribution in [1.29, 1.82) is 0 Å². The zero-order chi connectivity index (χ0) is 19.2. The maximum atomic E-state index is 11.9. The van der Waals surface area contributed by atoms with Crippen molar-refractivity contribution in [2.45, 2.75) is 45.7 Å². The van der Waals surface area contributed by atoms with Crippen molar-refractivity contribution in [2.75, 3.05) is 0 Å². The number of aryl methyl sites for hydroxylation is 2. The third-order valence-corrected chi connectivity index (χ3v) is 4.87. The van der Waals surface area contributed by atoms with Crippen molar-refractivity contribution in [3.8, 4) is 0 Å². The second kappa shape index (κ2) is 8.67. The van der Waals surface area contributed by atoms with Gasteiger partial charge in [0.15, 0.2) is 5.78 Å². The van der Waals surface area contributed by atoms with Crippen LogP contribution in [0.25, 0.3) is 10.9 Å². The monoisotopic (exact) mass is 362 g/mol. The summed E-state index contributed by atoms with van der Waals surface area (Å²) in [7, 11) is 0. The number of benzene rings is 2. The van der Waals surface area contributed by atoms with E-state index in [0.717, 1.165) is 30.3 Å². The number of nitrogens with one attached hydrogen (secondary N) is 1. The minimum atomic E-state index is -0.480. The number of hydrogen-bond acceptors (Lipinski definition) is 2. The maximum Gasteiger partial charge on any atom is 0.217 e. The van der Waals surface area contributed by atoms with Crippen molar-refractivity contribution in [3.05, 3.63) is 71.9 Å². The van der Waals surface area contributed by atoms with Gasteiger partial charge >= 0.3 is 0 Å². The third kappa shape index (κ3) is 4.85. The smallest absolute Gasteiger partial charge is 0.217 e. The molecule has 2 aromatic carbocycles. The van der Waals surface area contributed by atoms with Crippen LogP contribution < -0.4 is 5.32 Å². The van der Waals surface area contributed by atoms with Crippen LogP contribution in [0.1, 0.15) is 31.4 Å². The molecule has 0 spiro atoms. The minimum Gasteiger partial charge on any atom is -0.347 e. The van der Waals surface area contributed by atoms with E-state index in [1.165, 1.54) is 24.9 Å². The average molecular weight is 362 g/mol. The van der Waals surface area contributed by atoms with Gasteiger partial charge in [-0.05, 0) is 37.0 Å². The lowest BCUT2D eigenvalue weighted by atomic mass is 10.0. The lowest BCUT2D eigenvalue weighted by Gasteiger charge is -2.14. The lowest BCUT2D eigenvalue weighted by molar-refractivity contribution is -0.125.